The third-order valence-electron chi connectivity index (χ3n) is 3.44. The van der Waals surface area contributed by atoms with Gasteiger partial charge in [-0.15, -0.1) is 4.28 Å². The van der Waals surface area contributed by atoms with Crippen molar-refractivity contribution in [2.24, 2.45) is 0 Å². The van der Waals surface area contributed by atoms with Gasteiger partial charge < -0.3 is 9.64 Å². The average Bonchev–Trinajstić information content (AvgIpc) is 2.61. The molecule has 9 nitrogen and oxygen atoms in total. The van der Waals surface area contributed by atoms with Gasteiger partial charge in [0.2, 0.25) is 5.90 Å². The lowest BCUT2D eigenvalue weighted by Crippen LogP contribution is -2.45. The fraction of sp³-hybridized carbons (Fsp3) is 0.800. The summed E-state index contributed by atoms with van der Waals surface area (Å²) in [4.78, 5) is 13.1. The molecule has 2 bridgehead atoms. The van der Waals surface area contributed by atoms with E-state index >= 15 is 0 Å². The summed E-state index contributed by atoms with van der Waals surface area (Å²) in [5, 5.41) is 8.15. The molecule has 2 atom stereocenters. The van der Waals surface area contributed by atoms with E-state index < -0.39 is 53.6 Å². The first-order valence-electron chi connectivity index (χ1n) is 6.53. The van der Waals surface area contributed by atoms with Gasteiger partial charge in [0.15, 0.2) is 0 Å². The van der Waals surface area contributed by atoms with Crippen LogP contribution in [-0.2, 0) is 19.4 Å². The second-order valence-corrected chi connectivity index (χ2v) is 6.09. The highest BCUT2D eigenvalue weighted by molar-refractivity contribution is 7.80. The SMILES string of the molecule is N=C(OCCC(F)(F)F)[C@@H]1CC[C@@H]2CN1C(=O)N2OS(=O)(=O)O. The molecule has 2 saturated heterocycles. The summed E-state index contributed by atoms with van der Waals surface area (Å²) < 4.78 is 75.2. The second-order valence-electron chi connectivity index (χ2n) is 5.09. The molecule has 0 spiro atoms. The lowest BCUT2D eigenvalue weighted by molar-refractivity contribution is -0.140. The maximum atomic E-state index is 12.0. The van der Waals surface area contributed by atoms with Crippen LogP contribution in [0.25, 0.3) is 0 Å². The third-order valence-corrected chi connectivity index (χ3v) is 3.79. The van der Waals surface area contributed by atoms with Crippen molar-refractivity contribution in [3.63, 3.8) is 0 Å². The van der Waals surface area contributed by atoms with E-state index in [1.54, 1.807) is 0 Å². The number of piperidine rings is 1. The molecular formula is C10H14F3N3O6S. The molecule has 2 aliphatic rings. The predicted molar refractivity (Wildman–Crippen MR) is 67.7 cm³/mol. The van der Waals surface area contributed by atoms with Gasteiger partial charge in [0.05, 0.1) is 19.1 Å². The van der Waals surface area contributed by atoms with Crippen LogP contribution in [0, 0.1) is 5.41 Å². The maximum Gasteiger partial charge on any atom is 0.418 e. The number of hydroxylamine groups is 2. The molecule has 23 heavy (non-hydrogen) atoms. The Kier molecular flexibility index (Phi) is 4.73. The van der Waals surface area contributed by atoms with Crippen molar-refractivity contribution >= 4 is 22.3 Å². The third kappa shape index (κ3) is 4.45. The molecule has 13 heteroatoms. The highest BCUT2D eigenvalue weighted by atomic mass is 32.3. The van der Waals surface area contributed by atoms with E-state index in [1.165, 1.54) is 0 Å². The molecule has 0 saturated carbocycles. The van der Waals surface area contributed by atoms with Crippen molar-refractivity contribution in [1.29, 1.82) is 5.41 Å². The zero-order chi connectivity index (χ0) is 17.4. The Hall–Kier alpha value is -1.60. The zero-order valence-electron chi connectivity index (χ0n) is 11.6. The summed E-state index contributed by atoms with van der Waals surface area (Å²) in [6.45, 7) is -0.723. The lowest BCUT2D eigenvalue weighted by Gasteiger charge is -2.30. The minimum absolute atomic E-state index is 0.0179. The zero-order valence-corrected chi connectivity index (χ0v) is 12.4. The van der Waals surface area contributed by atoms with Crippen LogP contribution < -0.4 is 0 Å². The molecule has 2 amide bonds. The summed E-state index contributed by atoms with van der Waals surface area (Å²) in [5.74, 6) is -0.505. The first-order chi connectivity index (χ1) is 10.5. The number of hydrogen-bond acceptors (Lipinski definition) is 6. The molecule has 0 radical (unpaired) electrons. The highest BCUT2D eigenvalue weighted by Gasteiger charge is 2.49. The van der Waals surface area contributed by atoms with E-state index in [-0.39, 0.29) is 19.4 Å². The molecule has 132 valence electrons. The number of amides is 2. The van der Waals surface area contributed by atoms with Crippen LogP contribution in [0.1, 0.15) is 19.3 Å². The lowest BCUT2D eigenvalue weighted by atomic mass is 10.0. The predicted octanol–water partition coefficient (Wildman–Crippen LogP) is 0.936. The maximum absolute atomic E-state index is 12.0. The Morgan fingerprint density at radius 3 is 2.61 bits per heavy atom. The Balaban J connectivity index is 1.97. The highest BCUT2D eigenvalue weighted by Crippen LogP contribution is 2.31. The number of carbonyl (C=O) groups excluding carboxylic acids is 1. The number of nitrogens with one attached hydrogen (secondary N) is 1. The number of urea groups is 1. The molecule has 0 aromatic carbocycles. The van der Waals surface area contributed by atoms with Gasteiger partial charge in [0.1, 0.15) is 6.04 Å². The summed E-state index contributed by atoms with van der Waals surface area (Å²) in [7, 11) is -4.88. The topological polar surface area (TPSA) is 120 Å². The van der Waals surface area contributed by atoms with E-state index in [0.29, 0.717) is 5.06 Å². The second kappa shape index (κ2) is 6.13. The molecule has 0 aromatic rings. The molecule has 0 unspecified atom stereocenters. The van der Waals surface area contributed by atoms with Gasteiger partial charge in [-0.05, 0) is 12.8 Å². The van der Waals surface area contributed by atoms with Crippen LogP contribution in [-0.4, -0.2) is 66.3 Å². The molecule has 2 heterocycles. The minimum atomic E-state index is -4.88. The van der Waals surface area contributed by atoms with Crippen molar-refractivity contribution in [2.75, 3.05) is 13.2 Å². The van der Waals surface area contributed by atoms with Gasteiger partial charge in [-0.1, -0.05) is 0 Å². The van der Waals surface area contributed by atoms with E-state index in [0.717, 1.165) is 4.90 Å². The molecule has 0 aromatic heterocycles. The first kappa shape index (κ1) is 17.7. The van der Waals surface area contributed by atoms with Gasteiger partial charge in [0.25, 0.3) is 0 Å². The van der Waals surface area contributed by atoms with Crippen molar-refractivity contribution < 1.29 is 40.0 Å². The number of carbonyl (C=O) groups is 1. The minimum Gasteiger partial charge on any atom is -0.479 e. The number of nitrogens with zero attached hydrogens (tertiary/aromatic N) is 2. The number of halogens is 3. The van der Waals surface area contributed by atoms with Crippen LogP contribution in [0.5, 0.6) is 0 Å². The van der Waals surface area contributed by atoms with Crippen molar-refractivity contribution in [3.05, 3.63) is 0 Å². The molecule has 2 aliphatic heterocycles. The summed E-state index contributed by atoms with van der Waals surface area (Å²) in [6.07, 6.45) is -5.20. The number of fused-ring (bicyclic) bond motifs is 2. The summed E-state index contributed by atoms with van der Waals surface area (Å²) >= 11 is 0. The van der Waals surface area contributed by atoms with Crippen LogP contribution in [0.2, 0.25) is 0 Å². The van der Waals surface area contributed by atoms with Gasteiger partial charge in [-0.2, -0.15) is 26.7 Å². The summed E-state index contributed by atoms with van der Waals surface area (Å²) in [6, 6.07) is -2.44. The van der Waals surface area contributed by atoms with E-state index in [2.05, 4.69) is 4.28 Å². The van der Waals surface area contributed by atoms with Crippen LogP contribution in [0.4, 0.5) is 18.0 Å². The average molecular weight is 361 g/mol. The first-order valence-corrected chi connectivity index (χ1v) is 7.89. The van der Waals surface area contributed by atoms with Crippen molar-refractivity contribution in [3.8, 4) is 0 Å². The van der Waals surface area contributed by atoms with E-state index in [4.69, 9.17) is 14.7 Å². The molecular weight excluding hydrogens is 347 g/mol. The van der Waals surface area contributed by atoms with Crippen molar-refractivity contribution in [2.45, 2.75) is 37.5 Å². The van der Waals surface area contributed by atoms with Gasteiger partial charge in [0, 0.05) is 6.54 Å². The molecule has 2 fully saturated rings. The van der Waals surface area contributed by atoms with Crippen LogP contribution in [0.3, 0.4) is 0 Å². The van der Waals surface area contributed by atoms with Crippen LogP contribution >= 0.6 is 0 Å². The van der Waals surface area contributed by atoms with Crippen LogP contribution in [0.15, 0.2) is 0 Å². The van der Waals surface area contributed by atoms with E-state index in [1.807, 2.05) is 0 Å². The Labute approximate surface area is 129 Å². The largest absolute Gasteiger partial charge is 0.479 e. The number of rotatable bonds is 5. The number of hydrogen-bond donors (Lipinski definition) is 2. The number of alkyl halides is 3. The van der Waals surface area contributed by atoms with Crippen molar-refractivity contribution in [1.82, 2.24) is 9.96 Å². The fourth-order valence-electron chi connectivity index (χ4n) is 2.48. The number of ether oxygens (including phenoxy) is 1. The Bertz CT molecular complexity index is 595. The van der Waals surface area contributed by atoms with Gasteiger partial charge >= 0.3 is 22.6 Å². The normalized spacial score (nSPS) is 25.0. The Morgan fingerprint density at radius 2 is 2.04 bits per heavy atom. The quantitative estimate of drug-likeness (QED) is 0.427. The molecule has 2 N–H and O–H groups in total. The summed E-state index contributed by atoms with van der Waals surface area (Å²) in [5.41, 5.74) is 0. The standard InChI is InChI=1S/C10H14F3N3O6S/c11-10(12,13)3-4-21-8(14)7-2-1-6-5-15(7)9(17)16(6)22-23(18,19)20/h6-7,14H,1-5H2,(H,18,19,20)/t6-,7+/m1/s1. The van der Waals surface area contributed by atoms with Gasteiger partial charge in [-0.3, -0.25) is 9.96 Å². The van der Waals surface area contributed by atoms with Gasteiger partial charge in [-0.25, -0.2) is 4.79 Å². The monoisotopic (exact) mass is 361 g/mol. The van der Waals surface area contributed by atoms with E-state index in [9.17, 15) is 26.4 Å². The fourth-order valence-corrected chi connectivity index (χ4v) is 2.87. The smallest absolute Gasteiger partial charge is 0.418 e. The molecule has 2 rings (SSSR count). The Morgan fingerprint density at radius 1 is 1.39 bits per heavy atom. The molecule has 0 aliphatic carbocycles.